The summed E-state index contributed by atoms with van der Waals surface area (Å²) in [6.45, 7) is 1.37. The largest absolute Gasteiger partial charge is 0.368 e. The molecule has 0 aliphatic carbocycles. The van der Waals surface area contributed by atoms with Crippen molar-refractivity contribution in [2.75, 3.05) is 27.2 Å². The quantitative estimate of drug-likeness (QED) is 0.628. The minimum Gasteiger partial charge on any atom is -0.368 e. The van der Waals surface area contributed by atoms with Crippen LogP contribution in [0.25, 0.3) is 0 Å². The zero-order chi connectivity index (χ0) is 11.4. The molecule has 0 aromatic heterocycles. The third-order valence-electron chi connectivity index (χ3n) is 2.13. The molecule has 0 aliphatic rings. The Labute approximate surface area is 82.4 Å². The molecule has 3 N–H and O–H groups in total. The van der Waals surface area contributed by atoms with Crippen LogP contribution in [0, 0.1) is 0 Å². The molecule has 0 fully saturated rings. The molecule has 0 saturated carbocycles. The van der Waals surface area contributed by atoms with Gasteiger partial charge in [0, 0.05) is 6.54 Å². The number of carbonyl (C=O) groups is 1. The van der Waals surface area contributed by atoms with E-state index in [1.807, 2.05) is 0 Å². The van der Waals surface area contributed by atoms with Crippen LogP contribution in [-0.2, 0) is 4.79 Å². The normalized spacial score (nSPS) is 15.9. The van der Waals surface area contributed by atoms with E-state index in [0.29, 0.717) is 0 Å². The highest BCUT2D eigenvalue weighted by Crippen LogP contribution is 2.06. The lowest BCUT2D eigenvalue weighted by molar-refractivity contribution is -0.124. The van der Waals surface area contributed by atoms with Crippen LogP contribution >= 0.6 is 0 Å². The summed E-state index contributed by atoms with van der Waals surface area (Å²) in [5.74, 6) is -0.555. The molecule has 0 aromatic carbocycles. The molecule has 0 spiro atoms. The highest BCUT2D eigenvalue weighted by Gasteiger charge is 2.30. The van der Waals surface area contributed by atoms with Crippen molar-refractivity contribution in [3.05, 3.63) is 0 Å². The summed E-state index contributed by atoms with van der Waals surface area (Å²) in [6, 6.07) is 0. The standard InChI is InChI=1S/C8H17F2N3O/c1-8(12-2,7(11)14)5-13(3)4-6(9)10/h6,12H,4-5H2,1-3H3,(H2,11,14). The number of likely N-dealkylation sites (N-methyl/N-ethyl adjacent to an activating group) is 2. The van der Waals surface area contributed by atoms with Crippen molar-refractivity contribution in [1.82, 2.24) is 10.2 Å². The maximum atomic E-state index is 12.0. The third-order valence-corrected chi connectivity index (χ3v) is 2.13. The topological polar surface area (TPSA) is 58.4 Å². The van der Waals surface area contributed by atoms with Gasteiger partial charge in [0.2, 0.25) is 5.91 Å². The Bertz CT molecular complexity index is 201. The fourth-order valence-corrected chi connectivity index (χ4v) is 1.12. The van der Waals surface area contributed by atoms with E-state index in [-0.39, 0.29) is 13.1 Å². The van der Waals surface area contributed by atoms with Gasteiger partial charge in [-0.1, -0.05) is 0 Å². The highest BCUT2D eigenvalue weighted by molar-refractivity contribution is 5.84. The molecule has 1 amide bonds. The van der Waals surface area contributed by atoms with Crippen LogP contribution in [0.15, 0.2) is 0 Å². The molecule has 4 nitrogen and oxygen atoms in total. The van der Waals surface area contributed by atoms with Crippen LogP contribution in [-0.4, -0.2) is 50.0 Å². The summed E-state index contributed by atoms with van der Waals surface area (Å²) < 4.78 is 24.0. The van der Waals surface area contributed by atoms with Gasteiger partial charge in [-0.3, -0.25) is 9.69 Å². The van der Waals surface area contributed by atoms with E-state index in [9.17, 15) is 13.6 Å². The van der Waals surface area contributed by atoms with Crippen molar-refractivity contribution in [3.63, 3.8) is 0 Å². The Balaban J connectivity index is 4.24. The van der Waals surface area contributed by atoms with Gasteiger partial charge in [0.25, 0.3) is 6.43 Å². The maximum Gasteiger partial charge on any atom is 0.251 e. The third kappa shape index (κ3) is 3.97. The van der Waals surface area contributed by atoms with Crippen LogP contribution in [0.1, 0.15) is 6.92 Å². The monoisotopic (exact) mass is 209 g/mol. The molecule has 14 heavy (non-hydrogen) atoms. The number of halogens is 2. The lowest BCUT2D eigenvalue weighted by Crippen LogP contribution is -2.58. The van der Waals surface area contributed by atoms with Crippen LogP contribution in [0.5, 0.6) is 0 Å². The average Bonchev–Trinajstić information content (AvgIpc) is 2.01. The Morgan fingerprint density at radius 3 is 2.43 bits per heavy atom. The molecule has 6 heteroatoms. The number of amides is 1. The lowest BCUT2D eigenvalue weighted by Gasteiger charge is -2.30. The fraction of sp³-hybridized carbons (Fsp3) is 0.875. The maximum absolute atomic E-state index is 12.0. The van der Waals surface area contributed by atoms with Crippen LogP contribution < -0.4 is 11.1 Å². The first-order valence-corrected chi connectivity index (χ1v) is 4.27. The van der Waals surface area contributed by atoms with Gasteiger partial charge in [-0.15, -0.1) is 0 Å². The Morgan fingerprint density at radius 1 is 1.64 bits per heavy atom. The van der Waals surface area contributed by atoms with Crippen LogP contribution in [0.4, 0.5) is 8.78 Å². The number of nitrogens with one attached hydrogen (secondary N) is 1. The molecule has 1 atom stereocenters. The van der Waals surface area contributed by atoms with Gasteiger partial charge < -0.3 is 11.1 Å². The van der Waals surface area contributed by atoms with E-state index in [2.05, 4.69) is 5.32 Å². The Hall–Kier alpha value is -0.750. The van der Waals surface area contributed by atoms with Crippen LogP contribution in [0.2, 0.25) is 0 Å². The van der Waals surface area contributed by atoms with E-state index >= 15 is 0 Å². The number of alkyl halides is 2. The lowest BCUT2D eigenvalue weighted by atomic mass is 10.0. The van der Waals surface area contributed by atoms with Crippen molar-refractivity contribution in [1.29, 1.82) is 0 Å². The van der Waals surface area contributed by atoms with E-state index in [1.165, 1.54) is 11.9 Å². The molecule has 0 heterocycles. The average molecular weight is 209 g/mol. The number of hydrogen-bond acceptors (Lipinski definition) is 3. The van der Waals surface area contributed by atoms with E-state index in [1.54, 1.807) is 14.0 Å². The predicted octanol–water partition coefficient (Wildman–Crippen LogP) is -0.353. The summed E-state index contributed by atoms with van der Waals surface area (Å²) in [5.41, 5.74) is 4.18. The molecule has 0 radical (unpaired) electrons. The van der Waals surface area contributed by atoms with E-state index in [4.69, 9.17) is 5.73 Å². The number of rotatable bonds is 6. The van der Waals surface area contributed by atoms with Crippen molar-refractivity contribution in [2.24, 2.45) is 5.73 Å². The second kappa shape index (κ2) is 5.21. The molecule has 0 rings (SSSR count). The van der Waals surface area contributed by atoms with Gasteiger partial charge in [0.1, 0.15) is 5.54 Å². The second-order valence-corrected chi connectivity index (χ2v) is 3.53. The number of nitrogens with zero attached hydrogens (tertiary/aromatic N) is 1. The summed E-state index contributed by atoms with van der Waals surface area (Å²) in [4.78, 5) is 12.4. The summed E-state index contributed by atoms with van der Waals surface area (Å²) >= 11 is 0. The van der Waals surface area contributed by atoms with Gasteiger partial charge in [-0.05, 0) is 21.0 Å². The summed E-state index contributed by atoms with van der Waals surface area (Å²) in [6.07, 6.45) is -2.41. The van der Waals surface area contributed by atoms with Gasteiger partial charge in [-0.2, -0.15) is 0 Å². The fourth-order valence-electron chi connectivity index (χ4n) is 1.12. The summed E-state index contributed by atoms with van der Waals surface area (Å²) in [5, 5.41) is 2.72. The van der Waals surface area contributed by atoms with Gasteiger partial charge in [0.15, 0.2) is 0 Å². The van der Waals surface area contributed by atoms with Crippen molar-refractivity contribution in [3.8, 4) is 0 Å². The molecule has 1 unspecified atom stereocenters. The minimum atomic E-state index is -2.41. The zero-order valence-electron chi connectivity index (χ0n) is 8.68. The zero-order valence-corrected chi connectivity index (χ0v) is 8.68. The molecule has 84 valence electrons. The molecule has 0 bridgehead atoms. The molecule has 0 aromatic rings. The molecular weight excluding hydrogens is 192 g/mol. The molecule has 0 saturated heterocycles. The summed E-state index contributed by atoms with van der Waals surface area (Å²) in [7, 11) is 3.09. The van der Waals surface area contributed by atoms with E-state index < -0.39 is 17.9 Å². The van der Waals surface area contributed by atoms with Gasteiger partial charge in [-0.25, -0.2) is 8.78 Å². The van der Waals surface area contributed by atoms with Crippen LogP contribution in [0.3, 0.4) is 0 Å². The first-order chi connectivity index (χ1) is 6.31. The van der Waals surface area contributed by atoms with Crippen molar-refractivity contribution >= 4 is 5.91 Å². The van der Waals surface area contributed by atoms with Crippen molar-refractivity contribution in [2.45, 2.75) is 18.9 Å². The highest BCUT2D eigenvalue weighted by atomic mass is 19.3. The number of primary amides is 1. The molecule has 0 aliphatic heterocycles. The van der Waals surface area contributed by atoms with E-state index in [0.717, 1.165) is 0 Å². The first-order valence-electron chi connectivity index (χ1n) is 4.27. The van der Waals surface area contributed by atoms with Crippen molar-refractivity contribution < 1.29 is 13.6 Å². The molecular formula is C8H17F2N3O. The predicted molar refractivity (Wildman–Crippen MR) is 50.2 cm³/mol. The Kier molecular flexibility index (Phi) is 4.93. The number of hydrogen-bond donors (Lipinski definition) is 2. The minimum absolute atomic E-state index is 0.156. The smallest absolute Gasteiger partial charge is 0.251 e. The SMILES string of the molecule is CNC(C)(CN(C)CC(F)F)C(N)=O. The number of nitrogens with two attached hydrogens (primary N) is 1. The first kappa shape index (κ1) is 13.2. The van der Waals surface area contributed by atoms with Gasteiger partial charge >= 0.3 is 0 Å². The Morgan fingerprint density at radius 2 is 2.14 bits per heavy atom. The number of carbonyl (C=O) groups excluding carboxylic acids is 1. The van der Waals surface area contributed by atoms with Gasteiger partial charge in [0.05, 0.1) is 6.54 Å². The second-order valence-electron chi connectivity index (χ2n) is 3.53.